The number of ether oxygens (including phenoxy) is 1. The molecule has 23 heavy (non-hydrogen) atoms. The first kappa shape index (κ1) is 14.6. The van der Waals surface area contributed by atoms with Gasteiger partial charge in [0.2, 0.25) is 5.91 Å². The quantitative estimate of drug-likeness (QED) is 0.904. The fourth-order valence-corrected chi connectivity index (χ4v) is 3.62. The number of anilines is 1. The number of hydrogen-bond acceptors (Lipinski definition) is 2. The van der Waals surface area contributed by atoms with Crippen LogP contribution in [0.3, 0.4) is 0 Å². The normalized spacial score (nSPS) is 18.7. The van der Waals surface area contributed by atoms with Crippen LogP contribution in [0.15, 0.2) is 36.4 Å². The number of nitrogens with one attached hydrogen (secondary N) is 1. The fraction of sp³-hybridized carbons (Fsp3) is 0.316. The summed E-state index contributed by atoms with van der Waals surface area (Å²) < 4.78 is 5.70. The molecule has 0 spiro atoms. The average Bonchev–Trinajstić information content (AvgIpc) is 3.01. The largest absolute Gasteiger partial charge is 0.492 e. The van der Waals surface area contributed by atoms with E-state index in [1.54, 1.807) is 0 Å². The van der Waals surface area contributed by atoms with E-state index >= 15 is 0 Å². The molecule has 2 aromatic carbocycles. The maximum Gasteiger partial charge on any atom is 0.231 e. The van der Waals surface area contributed by atoms with Crippen LogP contribution in [0.1, 0.15) is 23.1 Å². The molecule has 0 fully saturated rings. The van der Waals surface area contributed by atoms with Crippen LogP contribution >= 0.6 is 11.6 Å². The SMILES string of the molecule is O=C(Nc1ccc2c(c1)CCC2)C1COc2ccc(Cl)cc2C1. The van der Waals surface area contributed by atoms with Crippen molar-refractivity contribution < 1.29 is 9.53 Å². The topological polar surface area (TPSA) is 38.3 Å². The third-order valence-electron chi connectivity index (χ3n) is 4.67. The van der Waals surface area contributed by atoms with Gasteiger partial charge in [-0.3, -0.25) is 4.79 Å². The Balaban J connectivity index is 1.47. The minimum atomic E-state index is -0.186. The van der Waals surface area contributed by atoms with Crippen molar-refractivity contribution in [1.29, 1.82) is 0 Å². The molecule has 1 amide bonds. The Morgan fingerprint density at radius 2 is 1.96 bits per heavy atom. The van der Waals surface area contributed by atoms with E-state index in [1.165, 1.54) is 17.5 Å². The predicted octanol–water partition coefficient (Wildman–Crippen LogP) is 4.02. The van der Waals surface area contributed by atoms with Crippen LogP contribution in [0, 0.1) is 5.92 Å². The summed E-state index contributed by atoms with van der Waals surface area (Å²) in [4.78, 5) is 12.5. The molecule has 0 bridgehead atoms. The van der Waals surface area contributed by atoms with Crippen molar-refractivity contribution in [1.82, 2.24) is 0 Å². The molecule has 1 N–H and O–H groups in total. The van der Waals surface area contributed by atoms with Crippen molar-refractivity contribution >= 4 is 23.2 Å². The molecular weight excluding hydrogens is 310 g/mol. The number of amides is 1. The zero-order valence-electron chi connectivity index (χ0n) is 12.8. The number of aryl methyl sites for hydroxylation is 2. The van der Waals surface area contributed by atoms with Crippen LogP contribution in [0.4, 0.5) is 5.69 Å². The van der Waals surface area contributed by atoms with Gasteiger partial charge in [0.15, 0.2) is 0 Å². The number of benzene rings is 2. The van der Waals surface area contributed by atoms with Crippen LogP contribution in [0.2, 0.25) is 5.02 Å². The van der Waals surface area contributed by atoms with Crippen molar-refractivity contribution in [3.8, 4) is 5.75 Å². The van der Waals surface area contributed by atoms with E-state index in [0.29, 0.717) is 18.1 Å². The second-order valence-corrected chi connectivity index (χ2v) is 6.73. The van der Waals surface area contributed by atoms with E-state index in [-0.39, 0.29) is 11.8 Å². The molecule has 4 rings (SSSR count). The molecule has 0 saturated carbocycles. The van der Waals surface area contributed by atoms with Gasteiger partial charge in [0, 0.05) is 10.7 Å². The zero-order chi connectivity index (χ0) is 15.8. The lowest BCUT2D eigenvalue weighted by atomic mass is 9.96. The van der Waals surface area contributed by atoms with Crippen molar-refractivity contribution in [2.75, 3.05) is 11.9 Å². The first-order valence-electron chi connectivity index (χ1n) is 8.03. The lowest BCUT2D eigenvalue weighted by molar-refractivity contribution is -0.121. The molecule has 0 aromatic heterocycles. The van der Waals surface area contributed by atoms with E-state index in [2.05, 4.69) is 17.4 Å². The Hall–Kier alpha value is -2.00. The van der Waals surface area contributed by atoms with Gasteiger partial charge in [-0.05, 0) is 72.7 Å². The van der Waals surface area contributed by atoms with Crippen molar-refractivity contribution in [2.24, 2.45) is 5.92 Å². The number of carbonyl (C=O) groups is 1. The Kier molecular flexibility index (Phi) is 3.74. The molecule has 1 aliphatic heterocycles. The molecule has 1 unspecified atom stereocenters. The van der Waals surface area contributed by atoms with E-state index in [1.807, 2.05) is 24.3 Å². The van der Waals surface area contributed by atoms with Crippen molar-refractivity contribution in [3.05, 3.63) is 58.1 Å². The van der Waals surface area contributed by atoms with E-state index in [0.717, 1.165) is 29.8 Å². The average molecular weight is 328 g/mol. The summed E-state index contributed by atoms with van der Waals surface area (Å²) >= 11 is 6.03. The summed E-state index contributed by atoms with van der Waals surface area (Å²) in [6, 6.07) is 11.8. The first-order valence-corrected chi connectivity index (χ1v) is 8.41. The maximum atomic E-state index is 12.5. The van der Waals surface area contributed by atoms with Gasteiger partial charge in [-0.2, -0.15) is 0 Å². The minimum Gasteiger partial charge on any atom is -0.492 e. The molecule has 0 saturated heterocycles. The molecule has 4 heteroatoms. The molecule has 2 aromatic rings. The van der Waals surface area contributed by atoms with Gasteiger partial charge in [-0.25, -0.2) is 0 Å². The summed E-state index contributed by atoms with van der Waals surface area (Å²) in [5, 5.41) is 3.71. The van der Waals surface area contributed by atoms with Crippen molar-refractivity contribution in [3.63, 3.8) is 0 Å². The molecule has 1 atom stereocenters. The third kappa shape index (κ3) is 2.93. The molecule has 3 nitrogen and oxygen atoms in total. The molecule has 118 valence electrons. The zero-order valence-corrected chi connectivity index (χ0v) is 13.5. The maximum absolute atomic E-state index is 12.5. The van der Waals surface area contributed by atoms with Gasteiger partial charge in [0.25, 0.3) is 0 Å². The van der Waals surface area contributed by atoms with Gasteiger partial charge in [-0.15, -0.1) is 0 Å². The van der Waals surface area contributed by atoms with Gasteiger partial charge in [-0.1, -0.05) is 17.7 Å². The highest BCUT2D eigenvalue weighted by Crippen LogP contribution is 2.31. The summed E-state index contributed by atoms with van der Waals surface area (Å²) in [5.41, 5.74) is 4.65. The van der Waals surface area contributed by atoms with Crippen LogP contribution < -0.4 is 10.1 Å². The lowest BCUT2D eigenvalue weighted by Crippen LogP contribution is -2.32. The lowest BCUT2D eigenvalue weighted by Gasteiger charge is -2.24. The molecule has 1 aliphatic carbocycles. The highest BCUT2D eigenvalue weighted by Gasteiger charge is 2.26. The van der Waals surface area contributed by atoms with Crippen LogP contribution in [-0.2, 0) is 24.1 Å². The fourth-order valence-electron chi connectivity index (χ4n) is 3.43. The van der Waals surface area contributed by atoms with Gasteiger partial charge >= 0.3 is 0 Å². The van der Waals surface area contributed by atoms with E-state index in [9.17, 15) is 4.79 Å². The highest BCUT2D eigenvalue weighted by molar-refractivity contribution is 6.30. The van der Waals surface area contributed by atoms with Crippen molar-refractivity contribution in [2.45, 2.75) is 25.7 Å². The summed E-state index contributed by atoms with van der Waals surface area (Å²) in [6.07, 6.45) is 4.13. The monoisotopic (exact) mass is 327 g/mol. The van der Waals surface area contributed by atoms with Gasteiger partial charge in [0.1, 0.15) is 12.4 Å². The molecular formula is C19H18ClNO2. The standard InChI is InChI=1S/C19H18ClNO2/c20-16-5-7-18-14(9-16)8-15(11-23-18)19(22)21-17-6-4-12-2-1-3-13(12)10-17/h4-7,9-10,15H,1-3,8,11H2,(H,21,22). The molecule has 2 aliphatic rings. The minimum absolute atomic E-state index is 0.00794. The number of halogens is 1. The number of rotatable bonds is 2. The van der Waals surface area contributed by atoms with Crippen LogP contribution in [-0.4, -0.2) is 12.5 Å². The Labute approximate surface area is 140 Å². The first-order chi connectivity index (χ1) is 11.2. The van der Waals surface area contributed by atoms with E-state index in [4.69, 9.17) is 16.3 Å². The number of carbonyl (C=O) groups excluding carboxylic acids is 1. The Morgan fingerprint density at radius 1 is 1.09 bits per heavy atom. The molecule has 1 heterocycles. The number of hydrogen-bond donors (Lipinski definition) is 1. The van der Waals surface area contributed by atoms with Gasteiger partial charge < -0.3 is 10.1 Å². The second kappa shape index (κ2) is 5.89. The second-order valence-electron chi connectivity index (χ2n) is 6.29. The highest BCUT2D eigenvalue weighted by atomic mass is 35.5. The summed E-state index contributed by atoms with van der Waals surface area (Å²) in [5.74, 6) is 0.652. The van der Waals surface area contributed by atoms with E-state index < -0.39 is 0 Å². The van der Waals surface area contributed by atoms with Crippen LogP contribution in [0.5, 0.6) is 5.75 Å². The summed E-state index contributed by atoms with van der Waals surface area (Å²) in [7, 11) is 0. The Bertz CT molecular complexity index is 772. The predicted molar refractivity (Wildman–Crippen MR) is 91.2 cm³/mol. The smallest absolute Gasteiger partial charge is 0.231 e. The summed E-state index contributed by atoms with van der Waals surface area (Å²) in [6.45, 7) is 0.408. The van der Waals surface area contributed by atoms with Crippen LogP contribution in [0.25, 0.3) is 0 Å². The molecule has 0 radical (unpaired) electrons. The third-order valence-corrected chi connectivity index (χ3v) is 4.90. The van der Waals surface area contributed by atoms with Gasteiger partial charge in [0.05, 0.1) is 5.92 Å². The Morgan fingerprint density at radius 3 is 2.87 bits per heavy atom. The number of fused-ring (bicyclic) bond motifs is 2.